The van der Waals surface area contributed by atoms with Crippen LogP contribution >= 0.6 is 0 Å². The number of hydrogen-bond acceptors (Lipinski definition) is 6. The Labute approximate surface area is 269 Å². The van der Waals surface area contributed by atoms with Gasteiger partial charge in [-0.3, -0.25) is 4.79 Å². The van der Waals surface area contributed by atoms with E-state index in [1.807, 2.05) is 6.07 Å². The molecule has 0 spiro atoms. The van der Waals surface area contributed by atoms with Gasteiger partial charge in [0.1, 0.15) is 17.2 Å². The third-order valence-corrected chi connectivity index (χ3v) is 10.9. The second-order valence-electron chi connectivity index (χ2n) is 12.8. The van der Waals surface area contributed by atoms with E-state index in [2.05, 4.69) is 4.72 Å². The van der Waals surface area contributed by atoms with Crippen molar-refractivity contribution in [1.29, 1.82) is 0 Å². The number of piperidine rings is 1. The van der Waals surface area contributed by atoms with E-state index >= 15 is 8.78 Å². The highest BCUT2D eigenvalue weighted by molar-refractivity contribution is 7.89. The van der Waals surface area contributed by atoms with E-state index < -0.39 is 33.5 Å². The molecule has 2 heterocycles. The molecule has 2 bridgehead atoms. The molecular weight excluding hydrogens is 612 g/mol. The van der Waals surface area contributed by atoms with Crippen LogP contribution in [0.25, 0.3) is 0 Å². The van der Waals surface area contributed by atoms with Crippen molar-refractivity contribution in [3.05, 3.63) is 84.4 Å². The first kappa shape index (κ1) is 32.4. The summed E-state index contributed by atoms with van der Waals surface area (Å²) in [6.45, 7) is 0.546. The fraction of sp³-hybridized carbons (Fsp3) is 0.457. The van der Waals surface area contributed by atoms with E-state index in [-0.39, 0.29) is 23.0 Å². The van der Waals surface area contributed by atoms with Crippen molar-refractivity contribution in [2.45, 2.75) is 92.8 Å². The Balaban J connectivity index is 1.24. The molecular formula is C35H41F2N3O5S. The fourth-order valence-electron chi connectivity index (χ4n) is 7.05. The number of hydrogen-bond donors (Lipinski definition) is 2. The van der Waals surface area contributed by atoms with Crippen LogP contribution in [0.3, 0.4) is 0 Å². The number of para-hydroxylation sites is 1. The molecule has 3 fully saturated rings. The largest absolute Gasteiger partial charge is 0.493 e. The summed E-state index contributed by atoms with van der Waals surface area (Å²) >= 11 is 0. The first-order valence-corrected chi connectivity index (χ1v) is 17.6. The molecule has 6 rings (SSSR count). The first-order chi connectivity index (χ1) is 22.1. The van der Waals surface area contributed by atoms with Crippen LogP contribution in [-0.2, 0) is 20.7 Å². The molecule has 3 aromatic carbocycles. The second kappa shape index (κ2) is 13.7. The van der Waals surface area contributed by atoms with Crippen LogP contribution in [0.4, 0.5) is 8.78 Å². The SMILES string of the molecule is NC1CC2CCC(C1)N2C(=O)[C@H](NS(=O)(=O)c1ccc(OCC2CCCCC2)cc1)C(F)(F)c1ccc(Oc2ccccc2)cc1. The minimum Gasteiger partial charge on any atom is -0.493 e. The number of amides is 1. The third kappa shape index (κ3) is 7.21. The Bertz CT molecular complexity index is 1570. The predicted octanol–water partition coefficient (Wildman–Crippen LogP) is 6.36. The van der Waals surface area contributed by atoms with Gasteiger partial charge in [-0.05, 0) is 105 Å². The van der Waals surface area contributed by atoms with Crippen LogP contribution in [0.1, 0.15) is 63.4 Å². The molecule has 2 saturated heterocycles. The van der Waals surface area contributed by atoms with Crippen molar-refractivity contribution in [3.63, 3.8) is 0 Å². The summed E-state index contributed by atoms with van der Waals surface area (Å²) in [5.41, 5.74) is 5.66. The van der Waals surface area contributed by atoms with E-state index in [1.165, 1.54) is 60.6 Å². The zero-order chi connectivity index (χ0) is 32.3. The zero-order valence-corrected chi connectivity index (χ0v) is 26.5. The van der Waals surface area contributed by atoms with Crippen molar-refractivity contribution in [1.82, 2.24) is 9.62 Å². The lowest BCUT2D eigenvalue weighted by atomic mass is 9.90. The van der Waals surface area contributed by atoms with Gasteiger partial charge in [-0.1, -0.05) is 37.5 Å². The van der Waals surface area contributed by atoms with Gasteiger partial charge < -0.3 is 20.1 Å². The predicted molar refractivity (Wildman–Crippen MR) is 170 cm³/mol. The molecule has 246 valence electrons. The number of sulfonamides is 1. The van der Waals surface area contributed by atoms with Crippen molar-refractivity contribution >= 4 is 15.9 Å². The van der Waals surface area contributed by atoms with E-state index in [4.69, 9.17) is 15.2 Å². The maximum atomic E-state index is 16.5. The van der Waals surface area contributed by atoms with Crippen LogP contribution in [0.15, 0.2) is 83.8 Å². The fourth-order valence-corrected chi connectivity index (χ4v) is 8.24. The van der Waals surface area contributed by atoms with Gasteiger partial charge in [0, 0.05) is 23.7 Å². The highest BCUT2D eigenvalue weighted by Gasteiger charge is 2.53. The Kier molecular flexibility index (Phi) is 9.63. The highest BCUT2D eigenvalue weighted by Crippen LogP contribution is 2.40. The molecule has 1 aliphatic carbocycles. The van der Waals surface area contributed by atoms with Gasteiger partial charge in [-0.15, -0.1) is 0 Å². The molecule has 2 aliphatic heterocycles. The van der Waals surface area contributed by atoms with Gasteiger partial charge in [0.25, 0.3) is 5.92 Å². The molecule has 46 heavy (non-hydrogen) atoms. The number of carbonyl (C=O) groups is 1. The van der Waals surface area contributed by atoms with Crippen molar-refractivity contribution in [3.8, 4) is 17.2 Å². The van der Waals surface area contributed by atoms with Crippen molar-refractivity contribution in [2.75, 3.05) is 6.61 Å². The Morgan fingerprint density at radius 1 is 0.848 bits per heavy atom. The second-order valence-corrected chi connectivity index (χ2v) is 14.5. The van der Waals surface area contributed by atoms with Gasteiger partial charge >= 0.3 is 0 Å². The van der Waals surface area contributed by atoms with Gasteiger partial charge in [0.2, 0.25) is 15.9 Å². The monoisotopic (exact) mass is 653 g/mol. The number of fused-ring (bicyclic) bond motifs is 2. The van der Waals surface area contributed by atoms with Gasteiger partial charge in [-0.2, -0.15) is 13.5 Å². The molecule has 3 atom stereocenters. The zero-order valence-electron chi connectivity index (χ0n) is 25.7. The quantitative estimate of drug-likeness (QED) is 0.249. The topological polar surface area (TPSA) is 111 Å². The van der Waals surface area contributed by atoms with E-state index in [0.29, 0.717) is 55.5 Å². The smallest absolute Gasteiger partial charge is 0.298 e. The van der Waals surface area contributed by atoms with Crippen molar-refractivity contribution < 1.29 is 31.5 Å². The number of carbonyl (C=O) groups excluding carboxylic acids is 1. The Morgan fingerprint density at radius 2 is 1.43 bits per heavy atom. The van der Waals surface area contributed by atoms with Crippen LogP contribution < -0.4 is 19.9 Å². The molecule has 3 aliphatic rings. The molecule has 1 saturated carbocycles. The summed E-state index contributed by atoms with van der Waals surface area (Å²) < 4.78 is 73.9. The van der Waals surface area contributed by atoms with Crippen LogP contribution in [-0.4, -0.2) is 50.0 Å². The van der Waals surface area contributed by atoms with E-state index in [1.54, 1.807) is 24.3 Å². The summed E-state index contributed by atoms with van der Waals surface area (Å²) in [6, 6.07) is 16.5. The summed E-state index contributed by atoms with van der Waals surface area (Å²) in [5.74, 6) is -3.02. The van der Waals surface area contributed by atoms with Crippen molar-refractivity contribution in [2.24, 2.45) is 11.7 Å². The van der Waals surface area contributed by atoms with E-state index in [9.17, 15) is 13.2 Å². The number of rotatable bonds is 11. The van der Waals surface area contributed by atoms with Crippen LogP contribution in [0, 0.1) is 5.92 Å². The Morgan fingerprint density at radius 3 is 2.07 bits per heavy atom. The van der Waals surface area contributed by atoms with Crippen LogP contribution in [0.5, 0.6) is 17.2 Å². The number of benzene rings is 3. The Hall–Kier alpha value is -3.54. The number of alkyl halides is 2. The molecule has 2 unspecified atom stereocenters. The molecule has 0 aromatic heterocycles. The lowest BCUT2D eigenvalue weighted by Gasteiger charge is -2.41. The normalized spacial score (nSPS) is 22.8. The lowest BCUT2D eigenvalue weighted by Crippen LogP contribution is -2.60. The average Bonchev–Trinajstić information content (AvgIpc) is 3.34. The summed E-state index contributed by atoms with van der Waals surface area (Å²) in [7, 11) is -4.54. The number of nitrogens with zero attached hydrogens (tertiary/aromatic N) is 1. The maximum absolute atomic E-state index is 16.5. The molecule has 0 radical (unpaired) electrons. The molecule has 8 nitrogen and oxygen atoms in total. The molecule has 11 heteroatoms. The average molecular weight is 654 g/mol. The lowest BCUT2D eigenvalue weighted by molar-refractivity contribution is -0.149. The standard InChI is InChI=1S/C35H41F2N3O5S/c36-35(37,25-11-15-31(16-12-25)45-30-9-5-2-6-10-30)33(34(41)40-27-13-14-28(40)22-26(38)21-27)39-46(42,43)32-19-17-29(18-20-32)44-23-24-7-3-1-4-8-24/h2,5-6,9-12,15-20,24,26-28,33,39H,1,3-4,7-8,13-14,21-23,38H2/t26?,27?,28?,33-/m0/s1. The van der Waals surface area contributed by atoms with Gasteiger partial charge in [0.05, 0.1) is 11.5 Å². The minimum absolute atomic E-state index is 0.131. The summed E-state index contributed by atoms with van der Waals surface area (Å²) in [5, 5.41) is 0. The number of nitrogens with one attached hydrogen (secondary N) is 1. The maximum Gasteiger partial charge on any atom is 0.298 e. The van der Waals surface area contributed by atoms with E-state index in [0.717, 1.165) is 25.0 Å². The minimum atomic E-state index is -4.54. The highest BCUT2D eigenvalue weighted by atomic mass is 32.2. The number of ether oxygens (including phenoxy) is 2. The molecule has 3 aromatic rings. The summed E-state index contributed by atoms with van der Waals surface area (Å²) in [4.78, 5) is 15.2. The number of nitrogens with two attached hydrogens (primary N) is 1. The van der Waals surface area contributed by atoms with Gasteiger partial charge in [0.15, 0.2) is 6.04 Å². The summed E-state index contributed by atoms with van der Waals surface area (Å²) in [6.07, 6.45) is 8.06. The third-order valence-electron chi connectivity index (χ3n) is 9.47. The van der Waals surface area contributed by atoms with Gasteiger partial charge in [-0.25, -0.2) is 8.42 Å². The van der Waals surface area contributed by atoms with Crippen LogP contribution in [0.2, 0.25) is 0 Å². The first-order valence-electron chi connectivity index (χ1n) is 16.1. The molecule has 1 amide bonds. The molecule has 3 N–H and O–H groups in total. The number of halogens is 2.